The highest BCUT2D eigenvalue weighted by atomic mass is 19.1. The van der Waals surface area contributed by atoms with Crippen LogP contribution in [0.15, 0.2) is 12.1 Å². The summed E-state index contributed by atoms with van der Waals surface area (Å²) in [5, 5.41) is 2.67. The van der Waals surface area contributed by atoms with Gasteiger partial charge in [-0.25, -0.2) is 8.78 Å². The van der Waals surface area contributed by atoms with Gasteiger partial charge in [-0.15, -0.1) is 0 Å². The molecule has 1 aromatic carbocycles. The van der Waals surface area contributed by atoms with Crippen molar-refractivity contribution in [1.29, 1.82) is 0 Å². The van der Waals surface area contributed by atoms with Gasteiger partial charge >= 0.3 is 0 Å². The first-order valence-corrected chi connectivity index (χ1v) is 7.42. The Morgan fingerprint density at radius 1 is 1.29 bits per heavy atom. The first-order valence-electron chi connectivity index (χ1n) is 7.42. The fourth-order valence-corrected chi connectivity index (χ4v) is 2.98. The number of benzene rings is 1. The molecule has 1 aliphatic rings. The van der Waals surface area contributed by atoms with Crippen LogP contribution >= 0.6 is 0 Å². The fourth-order valence-electron chi connectivity index (χ4n) is 2.98. The second-order valence-electron chi connectivity index (χ2n) is 6.00. The van der Waals surface area contributed by atoms with Crippen molar-refractivity contribution < 1.29 is 13.6 Å². The molecule has 0 aromatic heterocycles. The van der Waals surface area contributed by atoms with Crippen molar-refractivity contribution >= 4 is 5.91 Å². The third kappa shape index (κ3) is 3.40. The largest absolute Gasteiger partial charge is 0.351 e. The van der Waals surface area contributed by atoms with Crippen molar-refractivity contribution in [2.45, 2.75) is 39.0 Å². The summed E-state index contributed by atoms with van der Waals surface area (Å²) in [4.78, 5) is 12.1. The lowest BCUT2D eigenvalue weighted by Crippen LogP contribution is -2.44. The van der Waals surface area contributed by atoms with Gasteiger partial charge in [0.2, 0.25) is 0 Å². The van der Waals surface area contributed by atoms with Crippen molar-refractivity contribution in [3.8, 4) is 0 Å². The highest BCUT2D eigenvalue weighted by molar-refractivity contribution is 5.95. The molecule has 0 aliphatic heterocycles. The summed E-state index contributed by atoms with van der Waals surface area (Å²) in [6.45, 7) is 2.36. The number of halogens is 2. The number of nitrogens with one attached hydrogen (secondary N) is 1. The van der Waals surface area contributed by atoms with E-state index in [-0.39, 0.29) is 11.0 Å². The van der Waals surface area contributed by atoms with Gasteiger partial charge in [0.1, 0.15) is 17.2 Å². The van der Waals surface area contributed by atoms with Crippen LogP contribution in [0.1, 0.15) is 48.0 Å². The van der Waals surface area contributed by atoms with E-state index in [4.69, 9.17) is 5.73 Å². The molecule has 0 unspecified atom stereocenters. The van der Waals surface area contributed by atoms with Crippen LogP contribution in [0.25, 0.3) is 0 Å². The average molecular weight is 296 g/mol. The zero-order valence-electron chi connectivity index (χ0n) is 12.3. The zero-order valence-corrected chi connectivity index (χ0v) is 12.3. The monoisotopic (exact) mass is 296 g/mol. The van der Waals surface area contributed by atoms with Gasteiger partial charge in [-0.3, -0.25) is 4.79 Å². The second kappa shape index (κ2) is 6.52. The molecule has 5 heteroatoms. The first kappa shape index (κ1) is 15.9. The standard InChI is InChI=1S/C16H22F2N2O/c1-11-5-6-12(17)13(14(11)18)15(21)20-10-16(9-19)7-3-2-4-8-16/h5-6H,2-4,7-10,19H2,1H3,(H,20,21). The minimum absolute atomic E-state index is 0.134. The number of hydrogen-bond acceptors (Lipinski definition) is 2. The quantitative estimate of drug-likeness (QED) is 0.897. The average Bonchev–Trinajstić information content (AvgIpc) is 2.50. The summed E-state index contributed by atoms with van der Waals surface area (Å²) >= 11 is 0. The molecule has 1 saturated carbocycles. The molecule has 21 heavy (non-hydrogen) atoms. The summed E-state index contributed by atoms with van der Waals surface area (Å²) in [6, 6.07) is 2.44. The topological polar surface area (TPSA) is 55.1 Å². The van der Waals surface area contributed by atoms with E-state index in [9.17, 15) is 13.6 Å². The Balaban J connectivity index is 2.10. The first-order chi connectivity index (χ1) is 9.99. The Labute approximate surface area is 123 Å². The molecular formula is C16H22F2N2O. The van der Waals surface area contributed by atoms with Crippen LogP contribution < -0.4 is 11.1 Å². The van der Waals surface area contributed by atoms with Gasteiger partial charge in [-0.1, -0.05) is 25.3 Å². The van der Waals surface area contributed by atoms with Gasteiger partial charge in [-0.2, -0.15) is 0 Å². The molecule has 0 atom stereocenters. The highest BCUT2D eigenvalue weighted by Crippen LogP contribution is 2.34. The fraction of sp³-hybridized carbons (Fsp3) is 0.562. The lowest BCUT2D eigenvalue weighted by Gasteiger charge is -2.36. The second-order valence-corrected chi connectivity index (χ2v) is 6.00. The Kier molecular flexibility index (Phi) is 4.93. The maximum absolute atomic E-state index is 13.9. The Morgan fingerprint density at radius 3 is 2.57 bits per heavy atom. The van der Waals surface area contributed by atoms with Crippen LogP contribution in [0.2, 0.25) is 0 Å². The minimum Gasteiger partial charge on any atom is -0.351 e. The Hall–Kier alpha value is -1.49. The third-order valence-electron chi connectivity index (χ3n) is 4.48. The van der Waals surface area contributed by atoms with Gasteiger partial charge in [0.25, 0.3) is 5.91 Å². The SMILES string of the molecule is Cc1ccc(F)c(C(=O)NCC2(CN)CCCCC2)c1F. The molecule has 0 spiro atoms. The van der Waals surface area contributed by atoms with Crippen molar-refractivity contribution in [3.05, 3.63) is 34.9 Å². The van der Waals surface area contributed by atoms with Crippen LogP contribution in [0.5, 0.6) is 0 Å². The molecule has 3 N–H and O–H groups in total. The number of aryl methyl sites for hydroxylation is 1. The van der Waals surface area contributed by atoms with Crippen molar-refractivity contribution in [3.63, 3.8) is 0 Å². The molecule has 0 saturated heterocycles. The molecule has 0 heterocycles. The minimum atomic E-state index is -0.832. The van der Waals surface area contributed by atoms with Gasteiger partial charge < -0.3 is 11.1 Å². The molecule has 1 aromatic rings. The van der Waals surface area contributed by atoms with E-state index in [1.807, 2.05) is 0 Å². The molecule has 3 nitrogen and oxygen atoms in total. The Morgan fingerprint density at radius 2 is 1.95 bits per heavy atom. The van der Waals surface area contributed by atoms with E-state index in [2.05, 4.69) is 5.32 Å². The van der Waals surface area contributed by atoms with E-state index in [1.54, 1.807) is 0 Å². The van der Waals surface area contributed by atoms with Crippen LogP contribution in [0.4, 0.5) is 8.78 Å². The molecular weight excluding hydrogens is 274 g/mol. The number of carbonyl (C=O) groups excluding carboxylic acids is 1. The van der Waals surface area contributed by atoms with E-state index >= 15 is 0 Å². The van der Waals surface area contributed by atoms with Crippen LogP contribution in [-0.2, 0) is 0 Å². The molecule has 1 aliphatic carbocycles. The third-order valence-corrected chi connectivity index (χ3v) is 4.48. The van der Waals surface area contributed by atoms with Crippen molar-refractivity contribution in [2.24, 2.45) is 11.1 Å². The van der Waals surface area contributed by atoms with Gasteiger partial charge in [-0.05, 0) is 43.4 Å². The van der Waals surface area contributed by atoms with E-state index in [0.717, 1.165) is 31.7 Å². The summed E-state index contributed by atoms with van der Waals surface area (Å²) in [7, 11) is 0. The van der Waals surface area contributed by atoms with Crippen LogP contribution in [-0.4, -0.2) is 19.0 Å². The molecule has 0 radical (unpaired) electrons. The number of hydrogen-bond donors (Lipinski definition) is 2. The predicted octanol–water partition coefficient (Wildman–Crippen LogP) is 2.91. The smallest absolute Gasteiger partial charge is 0.257 e. The van der Waals surface area contributed by atoms with Crippen LogP contribution in [0.3, 0.4) is 0 Å². The van der Waals surface area contributed by atoms with Gasteiger partial charge in [0.05, 0.1) is 0 Å². The number of amides is 1. The molecule has 1 fully saturated rings. The molecule has 116 valence electrons. The Bertz CT molecular complexity index is 525. The molecule has 2 rings (SSSR count). The van der Waals surface area contributed by atoms with E-state index in [1.165, 1.54) is 19.4 Å². The van der Waals surface area contributed by atoms with E-state index < -0.39 is 23.1 Å². The lowest BCUT2D eigenvalue weighted by molar-refractivity contribution is 0.0905. The molecule has 1 amide bonds. The predicted molar refractivity (Wildman–Crippen MR) is 78.0 cm³/mol. The summed E-state index contributed by atoms with van der Waals surface area (Å²) in [6.07, 6.45) is 5.24. The lowest BCUT2D eigenvalue weighted by atomic mass is 9.74. The maximum atomic E-state index is 13.9. The summed E-state index contributed by atoms with van der Waals surface area (Å²) < 4.78 is 27.6. The van der Waals surface area contributed by atoms with Gasteiger partial charge in [0, 0.05) is 6.54 Å². The number of carbonyl (C=O) groups is 1. The highest BCUT2D eigenvalue weighted by Gasteiger charge is 2.31. The summed E-state index contributed by atoms with van der Waals surface area (Å²) in [5.74, 6) is -2.33. The molecule has 0 bridgehead atoms. The number of nitrogens with two attached hydrogens (primary N) is 1. The number of rotatable bonds is 4. The summed E-state index contributed by atoms with van der Waals surface area (Å²) in [5.41, 5.74) is 5.47. The zero-order chi connectivity index (χ0) is 15.5. The normalized spacial score (nSPS) is 17.5. The van der Waals surface area contributed by atoms with Gasteiger partial charge in [0.15, 0.2) is 0 Å². The van der Waals surface area contributed by atoms with Crippen molar-refractivity contribution in [1.82, 2.24) is 5.32 Å². The van der Waals surface area contributed by atoms with Crippen molar-refractivity contribution in [2.75, 3.05) is 13.1 Å². The maximum Gasteiger partial charge on any atom is 0.257 e. The van der Waals surface area contributed by atoms with E-state index in [0.29, 0.717) is 13.1 Å². The van der Waals surface area contributed by atoms with Crippen LogP contribution in [0, 0.1) is 24.0 Å².